The highest BCUT2D eigenvalue weighted by Gasteiger charge is 2.37. The van der Waals surface area contributed by atoms with E-state index in [0.29, 0.717) is 12.2 Å². The third kappa shape index (κ3) is 3.24. The van der Waals surface area contributed by atoms with E-state index in [1.165, 1.54) is 0 Å². The van der Waals surface area contributed by atoms with Crippen molar-refractivity contribution >= 4 is 5.78 Å². The zero-order valence-electron chi connectivity index (χ0n) is 12.1. The lowest BCUT2D eigenvalue weighted by atomic mass is 9.72. The molecule has 1 atom stereocenters. The van der Waals surface area contributed by atoms with Crippen LogP contribution in [0.25, 0.3) is 0 Å². The number of nitrogens with zero attached hydrogens (tertiary/aromatic N) is 2. The first-order chi connectivity index (χ1) is 9.18. The van der Waals surface area contributed by atoms with Crippen LogP contribution >= 0.6 is 0 Å². The van der Waals surface area contributed by atoms with E-state index in [9.17, 15) is 4.79 Å². The Hall–Kier alpha value is -1.16. The van der Waals surface area contributed by atoms with Crippen LogP contribution in [-0.2, 0) is 18.3 Å². The van der Waals surface area contributed by atoms with Crippen LogP contribution in [0.3, 0.4) is 0 Å². The Morgan fingerprint density at radius 3 is 3.00 bits per heavy atom. The summed E-state index contributed by atoms with van der Waals surface area (Å²) < 4.78 is 2.00. The van der Waals surface area contributed by atoms with Gasteiger partial charge in [-0.1, -0.05) is 13.3 Å². The normalized spacial score (nSPS) is 23.5. The fourth-order valence-electron chi connectivity index (χ4n) is 3.17. The molecule has 0 radical (unpaired) electrons. The Morgan fingerprint density at radius 1 is 1.58 bits per heavy atom. The molecule has 0 amide bonds. The average Bonchev–Trinajstić information content (AvgIpc) is 2.83. The molecule has 1 unspecified atom stereocenters. The highest BCUT2D eigenvalue weighted by molar-refractivity contribution is 5.85. The van der Waals surface area contributed by atoms with Crippen molar-refractivity contribution in [3.8, 4) is 0 Å². The molecule has 1 aromatic heterocycles. The fourth-order valence-corrected chi connectivity index (χ4v) is 3.17. The molecular formula is C15H25N3O. The Labute approximate surface area is 115 Å². The van der Waals surface area contributed by atoms with Gasteiger partial charge in [0.1, 0.15) is 11.6 Å². The van der Waals surface area contributed by atoms with Gasteiger partial charge in [0.25, 0.3) is 0 Å². The van der Waals surface area contributed by atoms with E-state index < -0.39 is 0 Å². The minimum absolute atomic E-state index is 0.113. The van der Waals surface area contributed by atoms with Gasteiger partial charge in [0, 0.05) is 44.2 Å². The molecule has 0 aromatic carbocycles. The Kier molecular flexibility index (Phi) is 4.75. The number of nitrogens with one attached hydrogen (secondary N) is 1. The third-order valence-electron chi connectivity index (χ3n) is 4.29. The molecule has 0 aliphatic carbocycles. The Bertz CT molecular complexity index is 413. The van der Waals surface area contributed by atoms with Crippen LogP contribution in [0.1, 0.15) is 44.9 Å². The lowest BCUT2D eigenvalue weighted by Gasteiger charge is -2.36. The maximum Gasteiger partial charge on any atom is 0.140 e. The summed E-state index contributed by atoms with van der Waals surface area (Å²) in [5, 5.41) is 3.40. The second-order valence-electron chi connectivity index (χ2n) is 5.69. The molecule has 1 N–H and O–H groups in total. The van der Waals surface area contributed by atoms with E-state index in [2.05, 4.69) is 17.2 Å². The molecule has 4 heteroatoms. The van der Waals surface area contributed by atoms with Crippen molar-refractivity contribution in [3.05, 3.63) is 18.2 Å². The Balaban J connectivity index is 1.97. The molecular weight excluding hydrogens is 238 g/mol. The van der Waals surface area contributed by atoms with Gasteiger partial charge in [-0.25, -0.2) is 4.98 Å². The molecule has 1 saturated heterocycles. The first kappa shape index (κ1) is 14.3. The summed E-state index contributed by atoms with van der Waals surface area (Å²) in [5.74, 6) is 1.42. The molecule has 1 aliphatic heterocycles. The summed E-state index contributed by atoms with van der Waals surface area (Å²) in [5.41, 5.74) is -0.113. The van der Waals surface area contributed by atoms with Crippen LogP contribution in [0.5, 0.6) is 0 Å². The van der Waals surface area contributed by atoms with Gasteiger partial charge in [0.15, 0.2) is 0 Å². The van der Waals surface area contributed by atoms with Crippen molar-refractivity contribution in [1.29, 1.82) is 0 Å². The van der Waals surface area contributed by atoms with Crippen molar-refractivity contribution in [2.45, 2.75) is 45.4 Å². The van der Waals surface area contributed by atoms with Crippen LogP contribution in [0.4, 0.5) is 0 Å². The van der Waals surface area contributed by atoms with E-state index in [4.69, 9.17) is 0 Å². The van der Waals surface area contributed by atoms with Gasteiger partial charge in [0.2, 0.25) is 0 Å². The standard InChI is InChI=1S/C15H25N3O/c1-3-7-15(8-4-9-16-12-15)13(19)5-6-14-17-10-11-18(14)2/h10-11,16H,3-9,12H2,1-2H3. The number of carbonyl (C=O) groups excluding carboxylic acids is 1. The van der Waals surface area contributed by atoms with Crippen molar-refractivity contribution in [3.63, 3.8) is 0 Å². The summed E-state index contributed by atoms with van der Waals surface area (Å²) in [6.45, 7) is 4.08. The van der Waals surface area contributed by atoms with Gasteiger partial charge in [0.05, 0.1) is 0 Å². The first-order valence-corrected chi connectivity index (χ1v) is 7.38. The zero-order valence-corrected chi connectivity index (χ0v) is 12.1. The lowest BCUT2D eigenvalue weighted by Crippen LogP contribution is -2.45. The number of rotatable bonds is 6. The second-order valence-corrected chi connectivity index (χ2v) is 5.69. The smallest absolute Gasteiger partial charge is 0.140 e. The van der Waals surface area contributed by atoms with Crippen LogP contribution in [-0.4, -0.2) is 28.4 Å². The molecule has 1 fully saturated rings. The van der Waals surface area contributed by atoms with E-state index in [0.717, 1.165) is 51.0 Å². The molecule has 0 saturated carbocycles. The van der Waals surface area contributed by atoms with Crippen LogP contribution in [0.2, 0.25) is 0 Å². The van der Waals surface area contributed by atoms with Crippen LogP contribution in [0, 0.1) is 5.41 Å². The number of carbonyl (C=O) groups is 1. The highest BCUT2D eigenvalue weighted by atomic mass is 16.1. The van der Waals surface area contributed by atoms with Crippen molar-refractivity contribution in [1.82, 2.24) is 14.9 Å². The molecule has 0 bridgehead atoms. The number of piperidine rings is 1. The van der Waals surface area contributed by atoms with Gasteiger partial charge in [-0.3, -0.25) is 4.79 Å². The lowest BCUT2D eigenvalue weighted by molar-refractivity contribution is -0.130. The first-order valence-electron chi connectivity index (χ1n) is 7.38. The van der Waals surface area contributed by atoms with Crippen LogP contribution < -0.4 is 5.32 Å². The van der Waals surface area contributed by atoms with Gasteiger partial charge < -0.3 is 9.88 Å². The third-order valence-corrected chi connectivity index (χ3v) is 4.29. The molecule has 106 valence electrons. The summed E-state index contributed by atoms with van der Waals surface area (Å²) in [6.07, 6.45) is 9.37. The number of aryl methyl sites for hydroxylation is 2. The van der Waals surface area contributed by atoms with Crippen LogP contribution in [0.15, 0.2) is 12.4 Å². The van der Waals surface area contributed by atoms with Crippen molar-refractivity contribution in [2.24, 2.45) is 12.5 Å². The van der Waals surface area contributed by atoms with Gasteiger partial charge in [-0.15, -0.1) is 0 Å². The highest BCUT2D eigenvalue weighted by Crippen LogP contribution is 2.34. The zero-order chi connectivity index (χ0) is 13.7. The number of hydrogen-bond acceptors (Lipinski definition) is 3. The number of imidazole rings is 1. The summed E-state index contributed by atoms with van der Waals surface area (Å²) in [4.78, 5) is 16.9. The van der Waals surface area contributed by atoms with Gasteiger partial charge in [-0.05, 0) is 25.8 Å². The molecule has 4 nitrogen and oxygen atoms in total. The van der Waals surface area contributed by atoms with E-state index >= 15 is 0 Å². The maximum absolute atomic E-state index is 12.6. The number of hydrogen-bond donors (Lipinski definition) is 1. The SMILES string of the molecule is CCCC1(C(=O)CCc2nccn2C)CCCNC1. The second kappa shape index (κ2) is 6.33. The summed E-state index contributed by atoms with van der Waals surface area (Å²) >= 11 is 0. The quantitative estimate of drug-likeness (QED) is 0.855. The summed E-state index contributed by atoms with van der Waals surface area (Å²) in [7, 11) is 1.98. The minimum atomic E-state index is -0.113. The molecule has 0 spiro atoms. The topological polar surface area (TPSA) is 46.9 Å². The number of Topliss-reactive ketones (excluding diaryl/α,β-unsaturated/α-hetero) is 1. The molecule has 1 aromatic rings. The van der Waals surface area contributed by atoms with Gasteiger partial charge in [-0.2, -0.15) is 0 Å². The largest absolute Gasteiger partial charge is 0.338 e. The average molecular weight is 263 g/mol. The molecule has 1 aliphatic rings. The van der Waals surface area contributed by atoms with E-state index in [1.54, 1.807) is 6.20 Å². The monoisotopic (exact) mass is 263 g/mol. The van der Waals surface area contributed by atoms with Gasteiger partial charge >= 0.3 is 0 Å². The molecule has 19 heavy (non-hydrogen) atoms. The fraction of sp³-hybridized carbons (Fsp3) is 0.733. The molecule has 2 heterocycles. The predicted octanol–water partition coefficient (Wildman–Crippen LogP) is 2.09. The van der Waals surface area contributed by atoms with Crippen molar-refractivity contribution < 1.29 is 4.79 Å². The summed E-state index contributed by atoms with van der Waals surface area (Å²) in [6, 6.07) is 0. The number of aromatic nitrogens is 2. The maximum atomic E-state index is 12.6. The predicted molar refractivity (Wildman–Crippen MR) is 76.0 cm³/mol. The molecule has 2 rings (SSSR count). The van der Waals surface area contributed by atoms with E-state index in [1.807, 2.05) is 17.8 Å². The van der Waals surface area contributed by atoms with E-state index in [-0.39, 0.29) is 5.41 Å². The van der Waals surface area contributed by atoms with Crippen molar-refractivity contribution in [2.75, 3.05) is 13.1 Å². The minimum Gasteiger partial charge on any atom is -0.338 e. The number of ketones is 1. The Morgan fingerprint density at radius 2 is 2.42 bits per heavy atom.